The summed E-state index contributed by atoms with van der Waals surface area (Å²) in [5, 5.41) is 0. The third kappa shape index (κ3) is 3.23. The molecule has 18 heavy (non-hydrogen) atoms. The maximum atomic E-state index is 12.5. The van der Waals surface area contributed by atoms with Gasteiger partial charge in [-0.3, -0.25) is 4.79 Å². The van der Waals surface area contributed by atoms with Gasteiger partial charge >= 0.3 is 0 Å². The molecule has 2 N–H and O–H groups in total. The van der Waals surface area contributed by atoms with Crippen LogP contribution in [-0.2, 0) is 9.53 Å². The van der Waals surface area contributed by atoms with Gasteiger partial charge < -0.3 is 15.4 Å². The molecule has 1 saturated heterocycles. The van der Waals surface area contributed by atoms with Crippen molar-refractivity contribution in [2.45, 2.75) is 44.6 Å². The fourth-order valence-corrected chi connectivity index (χ4v) is 3.30. The first-order chi connectivity index (χ1) is 8.74. The van der Waals surface area contributed by atoms with Crippen LogP contribution in [0.25, 0.3) is 0 Å². The molecule has 0 aromatic carbocycles. The molecule has 1 amide bonds. The van der Waals surface area contributed by atoms with Crippen LogP contribution in [0.5, 0.6) is 0 Å². The number of hydrogen-bond donors (Lipinski definition) is 1. The van der Waals surface area contributed by atoms with E-state index in [2.05, 4.69) is 0 Å². The summed E-state index contributed by atoms with van der Waals surface area (Å²) in [5.41, 5.74) is 5.74. The number of ether oxygens (including phenoxy) is 1. The van der Waals surface area contributed by atoms with Crippen LogP contribution in [0.2, 0.25) is 0 Å². The Bertz CT molecular complexity index is 275. The van der Waals surface area contributed by atoms with E-state index in [9.17, 15) is 4.79 Å². The minimum Gasteiger partial charge on any atom is -0.381 e. The van der Waals surface area contributed by atoms with E-state index in [-0.39, 0.29) is 5.92 Å². The van der Waals surface area contributed by atoms with Gasteiger partial charge in [0.15, 0.2) is 0 Å². The summed E-state index contributed by atoms with van der Waals surface area (Å²) in [7, 11) is 1.76. The Hall–Kier alpha value is -0.610. The first-order valence-electron chi connectivity index (χ1n) is 7.26. The molecule has 0 spiro atoms. The van der Waals surface area contributed by atoms with Gasteiger partial charge in [0.05, 0.1) is 6.10 Å². The highest BCUT2D eigenvalue weighted by Gasteiger charge is 2.31. The van der Waals surface area contributed by atoms with Crippen molar-refractivity contribution in [3.05, 3.63) is 0 Å². The standard InChI is InChI=1S/C14H26N2O2/c1-18-13-5-7-16(8-6-13)14(17)12-4-2-3-11(9-12)10-15/h11-13H,2-10,15H2,1H3. The molecule has 2 fully saturated rings. The van der Waals surface area contributed by atoms with E-state index in [1.165, 1.54) is 6.42 Å². The lowest BCUT2D eigenvalue weighted by Gasteiger charge is -2.36. The Kier molecular flexibility index (Phi) is 5.01. The second-order valence-corrected chi connectivity index (χ2v) is 5.73. The summed E-state index contributed by atoms with van der Waals surface area (Å²) in [5.74, 6) is 1.15. The lowest BCUT2D eigenvalue weighted by molar-refractivity contribution is -0.139. The molecule has 1 aliphatic carbocycles. The van der Waals surface area contributed by atoms with E-state index in [4.69, 9.17) is 10.5 Å². The molecule has 1 heterocycles. The number of amides is 1. The average molecular weight is 254 g/mol. The van der Waals surface area contributed by atoms with Crippen molar-refractivity contribution in [1.82, 2.24) is 4.90 Å². The van der Waals surface area contributed by atoms with Crippen LogP contribution in [0.1, 0.15) is 38.5 Å². The van der Waals surface area contributed by atoms with Crippen LogP contribution in [-0.4, -0.2) is 43.7 Å². The monoisotopic (exact) mass is 254 g/mol. The third-order valence-corrected chi connectivity index (χ3v) is 4.55. The molecule has 0 aromatic rings. The van der Waals surface area contributed by atoms with Crippen LogP contribution in [0.4, 0.5) is 0 Å². The van der Waals surface area contributed by atoms with Crippen molar-refractivity contribution >= 4 is 5.91 Å². The van der Waals surface area contributed by atoms with E-state index in [1.54, 1.807) is 7.11 Å². The minimum atomic E-state index is 0.228. The topological polar surface area (TPSA) is 55.6 Å². The van der Waals surface area contributed by atoms with Crippen molar-refractivity contribution in [1.29, 1.82) is 0 Å². The zero-order valence-corrected chi connectivity index (χ0v) is 11.4. The Balaban J connectivity index is 1.83. The summed E-state index contributed by atoms with van der Waals surface area (Å²) in [6, 6.07) is 0. The van der Waals surface area contributed by atoms with Gasteiger partial charge in [0.25, 0.3) is 0 Å². The van der Waals surface area contributed by atoms with Gasteiger partial charge in [-0.25, -0.2) is 0 Å². The van der Waals surface area contributed by atoms with Gasteiger partial charge in [-0.2, -0.15) is 0 Å². The van der Waals surface area contributed by atoms with Gasteiger partial charge in [0.2, 0.25) is 5.91 Å². The summed E-state index contributed by atoms with van der Waals surface area (Å²) >= 11 is 0. The molecule has 2 unspecified atom stereocenters. The summed E-state index contributed by atoms with van der Waals surface area (Å²) < 4.78 is 5.34. The lowest BCUT2D eigenvalue weighted by atomic mass is 9.80. The maximum absolute atomic E-state index is 12.5. The minimum absolute atomic E-state index is 0.228. The molecule has 4 nitrogen and oxygen atoms in total. The zero-order chi connectivity index (χ0) is 13.0. The molecule has 2 atom stereocenters. The molecule has 104 valence electrons. The number of rotatable bonds is 3. The molecule has 2 rings (SSSR count). The van der Waals surface area contributed by atoms with Crippen molar-refractivity contribution in [2.75, 3.05) is 26.7 Å². The summed E-state index contributed by atoms with van der Waals surface area (Å²) in [4.78, 5) is 14.5. The van der Waals surface area contributed by atoms with Crippen LogP contribution >= 0.6 is 0 Å². The Morgan fingerprint density at radius 1 is 1.28 bits per heavy atom. The highest BCUT2D eigenvalue weighted by Crippen LogP contribution is 2.30. The molecular weight excluding hydrogens is 228 g/mol. The maximum Gasteiger partial charge on any atom is 0.225 e. The van der Waals surface area contributed by atoms with Crippen molar-refractivity contribution in [3.63, 3.8) is 0 Å². The Morgan fingerprint density at radius 3 is 2.61 bits per heavy atom. The number of methoxy groups -OCH3 is 1. The van der Waals surface area contributed by atoms with Gasteiger partial charge in [-0.15, -0.1) is 0 Å². The lowest BCUT2D eigenvalue weighted by Crippen LogP contribution is -2.44. The normalized spacial score (nSPS) is 30.4. The average Bonchev–Trinajstić information content (AvgIpc) is 2.46. The van der Waals surface area contributed by atoms with Gasteiger partial charge in [-0.1, -0.05) is 6.42 Å². The number of nitrogens with zero attached hydrogens (tertiary/aromatic N) is 1. The molecule has 0 radical (unpaired) electrons. The molecule has 0 aromatic heterocycles. The number of carbonyl (C=O) groups excluding carboxylic acids is 1. The van der Waals surface area contributed by atoms with E-state index >= 15 is 0 Å². The smallest absolute Gasteiger partial charge is 0.225 e. The fourth-order valence-electron chi connectivity index (χ4n) is 3.30. The second kappa shape index (κ2) is 6.53. The Morgan fingerprint density at radius 2 is 2.00 bits per heavy atom. The van der Waals surface area contributed by atoms with Gasteiger partial charge in [0.1, 0.15) is 0 Å². The van der Waals surface area contributed by atoms with Crippen molar-refractivity contribution in [2.24, 2.45) is 17.6 Å². The molecule has 2 aliphatic rings. The van der Waals surface area contributed by atoms with Crippen LogP contribution < -0.4 is 5.73 Å². The molecule has 1 saturated carbocycles. The van der Waals surface area contributed by atoms with Gasteiger partial charge in [0, 0.05) is 26.1 Å². The highest BCUT2D eigenvalue weighted by atomic mass is 16.5. The SMILES string of the molecule is COC1CCN(C(=O)C2CCCC(CN)C2)CC1. The second-order valence-electron chi connectivity index (χ2n) is 5.73. The first kappa shape index (κ1) is 13.8. The largest absolute Gasteiger partial charge is 0.381 e. The summed E-state index contributed by atoms with van der Waals surface area (Å²) in [6.07, 6.45) is 6.72. The zero-order valence-electron chi connectivity index (χ0n) is 11.4. The third-order valence-electron chi connectivity index (χ3n) is 4.55. The molecular formula is C14H26N2O2. The van der Waals surface area contributed by atoms with E-state index in [0.717, 1.165) is 51.7 Å². The Labute approximate surface area is 110 Å². The number of hydrogen-bond acceptors (Lipinski definition) is 3. The van der Waals surface area contributed by atoms with E-state index in [0.29, 0.717) is 17.9 Å². The highest BCUT2D eigenvalue weighted by molar-refractivity contribution is 5.79. The number of piperidine rings is 1. The van der Waals surface area contributed by atoms with Crippen molar-refractivity contribution < 1.29 is 9.53 Å². The quantitative estimate of drug-likeness (QED) is 0.828. The molecule has 1 aliphatic heterocycles. The predicted molar refractivity (Wildman–Crippen MR) is 71.1 cm³/mol. The van der Waals surface area contributed by atoms with Crippen molar-refractivity contribution in [3.8, 4) is 0 Å². The van der Waals surface area contributed by atoms with E-state index in [1.807, 2.05) is 4.90 Å². The van der Waals surface area contributed by atoms with Crippen LogP contribution in [0.15, 0.2) is 0 Å². The first-order valence-corrected chi connectivity index (χ1v) is 7.26. The van der Waals surface area contributed by atoms with Gasteiger partial charge in [-0.05, 0) is 44.6 Å². The van der Waals surface area contributed by atoms with Crippen LogP contribution in [0, 0.1) is 11.8 Å². The number of nitrogens with two attached hydrogens (primary N) is 1. The summed E-state index contributed by atoms with van der Waals surface area (Å²) in [6.45, 7) is 2.46. The number of carbonyl (C=O) groups is 1. The van der Waals surface area contributed by atoms with E-state index < -0.39 is 0 Å². The van der Waals surface area contributed by atoms with Crippen LogP contribution in [0.3, 0.4) is 0 Å². The molecule has 4 heteroatoms. The molecule has 0 bridgehead atoms. The predicted octanol–water partition coefficient (Wildman–Crippen LogP) is 1.39. The fraction of sp³-hybridized carbons (Fsp3) is 0.929. The number of likely N-dealkylation sites (tertiary alicyclic amines) is 1.